The lowest BCUT2D eigenvalue weighted by atomic mass is 10.1. The average molecular weight is 523 g/mol. The molecule has 0 bridgehead atoms. The molecule has 0 aliphatic heterocycles. The Balaban J connectivity index is 2.00. The Morgan fingerprint density at radius 2 is 1.06 bits per heavy atom. The number of rotatable bonds is 12. The number of amides is 2. The Morgan fingerprint density at radius 3 is 1.37 bits per heavy atom. The van der Waals surface area contributed by atoms with E-state index in [2.05, 4.69) is 10.6 Å². The SMILES string of the molecule is CCOC(=O)c1c(NC(=O)CCCC(=O)Nc2sc(C)c(CC)c2C(=O)OCC)sc(C)c1CC. The fourth-order valence-electron chi connectivity index (χ4n) is 3.81. The van der Waals surface area contributed by atoms with Crippen LogP contribution in [0, 0.1) is 13.8 Å². The third-order valence-corrected chi connectivity index (χ3v) is 7.52. The second kappa shape index (κ2) is 13.4. The lowest BCUT2D eigenvalue weighted by Crippen LogP contribution is -2.17. The summed E-state index contributed by atoms with van der Waals surface area (Å²) in [4.78, 5) is 51.9. The first-order valence-electron chi connectivity index (χ1n) is 11.9. The maximum atomic E-state index is 12.5. The lowest BCUT2D eigenvalue weighted by molar-refractivity contribution is -0.117. The number of nitrogens with one attached hydrogen (secondary N) is 2. The van der Waals surface area contributed by atoms with Gasteiger partial charge in [-0.1, -0.05) is 13.8 Å². The van der Waals surface area contributed by atoms with Gasteiger partial charge < -0.3 is 20.1 Å². The van der Waals surface area contributed by atoms with Gasteiger partial charge in [-0.25, -0.2) is 9.59 Å². The molecule has 0 saturated heterocycles. The van der Waals surface area contributed by atoms with Crippen molar-refractivity contribution in [1.29, 1.82) is 0 Å². The van der Waals surface area contributed by atoms with E-state index in [0.29, 0.717) is 40.4 Å². The number of carbonyl (C=O) groups excluding carboxylic acids is 4. The van der Waals surface area contributed by atoms with Gasteiger partial charge in [0, 0.05) is 22.6 Å². The second-order valence-corrected chi connectivity index (χ2v) is 10.2. The van der Waals surface area contributed by atoms with E-state index in [-0.39, 0.29) is 37.9 Å². The average Bonchev–Trinajstić information content (AvgIpc) is 3.28. The largest absolute Gasteiger partial charge is 0.462 e. The number of anilines is 2. The van der Waals surface area contributed by atoms with Gasteiger partial charge >= 0.3 is 11.9 Å². The quantitative estimate of drug-likeness (QED) is 0.348. The molecule has 0 saturated carbocycles. The highest BCUT2D eigenvalue weighted by Crippen LogP contribution is 2.35. The van der Waals surface area contributed by atoms with Gasteiger partial charge in [-0.2, -0.15) is 0 Å². The summed E-state index contributed by atoms with van der Waals surface area (Å²) >= 11 is 2.70. The summed E-state index contributed by atoms with van der Waals surface area (Å²) in [5.41, 5.74) is 2.57. The minimum Gasteiger partial charge on any atom is -0.462 e. The van der Waals surface area contributed by atoms with Crippen molar-refractivity contribution in [2.45, 2.75) is 73.6 Å². The van der Waals surface area contributed by atoms with Gasteiger partial charge in [-0.15, -0.1) is 22.7 Å². The van der Waals surface area contributed by atoms with Crippen LogP contribution in [-0.2, 0) is 31.9 Å². The molecule has 2 heterocycles. The molecule has 0 aromatic carbocycles. The molecule has 0 radical (unpaired) electrons. The standard InChI is InChI=1S/C25H34N2O6S2/c1-7-16-14(5)34-22(20(16)24(30)32-9-3)26-18(28)12-11-13-19(29)27-23-21(25(31)33-10-4)17(8-2)15(6)35-23/h7-13H2,1-6H3,(H,26,28)(H,27,29). The van der Waals surface area contributed by atoms with Crippen molar-refractivity contribution in [2.75, 3.05) is 23.8 Å². The van der Waals surface area contributed by atoms with Crippen molar-refractivity contribution in [1.82, 2.24) is 0 Å². The van der Waals surface area contributed by atoms with E-state index in [9.17, 15) is 19.2 Å². The first-order valence-corrected chi connectivity index (χ1v) is 13.5. The Morgan fingerprint density at radius 1 is 0.686 bits per heavy atom. The van der Waals surface area contributed by atoms with Gasteiger partial charge in [0.05, 0.1) is 24.3 Å². The summed E-state index contributed by atoms with van der Waals surface area (Å²) in [7, 11) is 0. The number of ether oxygens (including phenoxy) is 2. The van der Waals surface area contributed by atoms with Crippen molar-refractivity contribution in [2.24, 2.45) is 0 Å². The number of hydrogen-bond donors (Lipinski definition) is 2. The predicted octanol–water partition coefficient (Wildman–Crippen LogP) is 5.65. The molecule has 2 rings (SSSR count). The molecule has 2 aromatic heterocycles. The Hall–Kier alpha value is -2.72. The van der Waals surface area contributed by atoms with Gasteiger partial charge in [0.1, 0.15) is 10.0 Å². The van der Waals surface area contributed by atoms with Gasteiger partial charge in [0.25, 0.3) is 0 Å². The predicted molar refractivity (Wildman–Crippen MR) is 140 cm³/mol. The molecular formula is C25H34N2O6S2. The smallest absolute Gasteiger partial charge is 0.341 e. The highest BCUT2D eigenvalue weighted by Gasteiger charge is 2.25. The van der Waals surface area contributed by atoms with Crippen LogP contribution in [0.4, 0.5) is 10.0 Å². The molecule has 0 aliphatic carbocycles. The molecule has 0 fully saturated rings. The third kappa shape index (κ3) is 7.14. The number of esters is 2. The van der Waals surface area contributed by atoms with E-state index < -0.39 is 11.9 Å². The van der Waals surface area contributed by atoms with Crippen LogP contribution in [0.1, 0.15) is 88.6 Å². The zero-order chi connectivity index (χ0) is 26.1. The summed E-state index contributed by atoms with van der Waals surface area (Å²) in [5.74, 6) is -1.45. The third-order valence-electron chi connectivity index (χ3n) is 5.40. The number of hydrogen-bond acceptors (Lipinski definition) is 8. The minimum absolute atomic E-state index is 0.114. The molecule has 0 spiro atoms. The van der Waals surface area contributed by atoms with Crippen LogP contribution in [0.2, 0.25) is 0 Å². The monoisotopic (exact) mass is 522 g/mol. The highest BCUT2D eigenvalue weighted by atomic mass is 32.1. The van der Waals surface area contributed by atoms with E-state index in [4.69, 9.17) is 9.47 Å². The first-order chi connectivity index (χ1) is 16.7. The maximum absolute atomic E-state index is 12.5. The van der Waals surface area contributed by atoms with Crippen molar-refractivity contribution in [3.8, 4) is 0 Å². The summed E-state index contributed by atoms with van der Waals surface area (Å²) in [6.45, 7) is 11.7. The van der Waals surface area contributed by atoms with Crippen LogP contribution < -0.4 is 10.6 Å². The van der Waals surface area contributed by atoms with Crippen molar-refractivity contribution >= 4 is 56.4 Å². The van der Waals surface area contributed by atoms with Gasteiger partial charge in [-0.05, 0) is 58.1 Å². The lowest BCUT2D eigenvalue weighted by Gasteiger charge is -2.09. The fraction of sp³-hybridized carbons (Fsp3) is 0.520. The van der Waals surface area contributed by atoms with Gasteiger partial charge in [-0.3, -0.25) is 9.59 Å². The molecule has 2 N–H and O–H groups in total. The van der Waals surface area contributed by atoms with Gasteiger partial charge in [0.2, 0.25) is 11.8 Å². The molecule has 2 aromatic rings. The first kappa shape index (κ1) is 28.5. The van der Waals surface area contributed by atoms with Gasteiger partial charge in [0.15, 0.2) is 0 Å². The van der Waals surface area contributed by atoms with Crippen molar-refractivity contribution < 1.29 is 28.7 Å². The Labute approximate surface area is 214 Å². The summed E-state index contributed by atoms with van der Waals surface area (Å²) < 4.78 is 10.3. The minimum atomic E-state index is -0.446. The molecule has 0 unspecified atom stereocenters. The molecular weight excluding hydrogens is 488 g/mol. The van der Waals surface area contributed by atoms with E-state index >= 15 is 0 Å². The topological polar surface area (TPSA) is 111 Å². The summed E-state index contributed by atoms with van der Waals surface area (Å²) in [5, 5.41) is 6.58. The summed E-state index contributed by atoms with van der Waals surface area (Å²) in [6.07, 6.45) is 1.85. The van der Waals surface area contributed by atoms with Crippen LogP contribution in [0.5, 0.6) is 0 Å². The molecule has 0 atom stereocenters. The Bertz CT molecular complexity index is 1000. The zero-order valence-corrected chi connectivity index (χ0v) is 22.8. The van der Waals surface area contributed by atoms with E-state index in [0.717, 1.165) is 20.9 Å². The van der Waals surface area contributed by atoms with Crippen LogP contribution in [-0.4, -0.2) is 37.0 Å². The van der Waals surface area contributed by atoms with Crippen LogP contribution in [0.15, 0.2) is 0 Å². The normalized spacial score (nSPS) is 10.7. The van der Waals surface area contributed by atoms with Crippen LogP contribution >= 0.6 is 22.7 Å². The second-order valence-electron chi connectivity index (χ2n) is 7.78. The highest BCUT2D eigenvalue weighted by molar-refractivity contribution is 7.17. The van der Waals surface area contributed by atoms with E-state index in [1.165, 1.54) is 22.7 Å². The molecule has 2 amide bonds. The van der Waals surface area contributed by atoms with Crippen LogP contribution in [0.25, 0.3) is 0 Å². The molecule has 10 heteroatoms. The number of thiophene rings is 2. The molecule has 35 heavy (non-hydrogen) atoms. The summed E-state index contributed by atoms with van der Waals surface area (Å²) in [6, 6.07) is 0. The molecule has 192 valence electrons. The number of aryl methyl sites for hydroxylation is 2. The Kier molecular flexibility index (Phi) is 10.9. The fourth-order valence-corrected chi connectivity index (χ4v) is 6.11. The number of carbonyl (C=O) groups is 4. The van der Waals surface area contributed by atoms with E-state index in [1.807, 2.05) is 27.7 Å². The zero-order valence-electron chi connectivity index (χ0n) is 21.2. The van der Waals surface area contributed by atoms with Crippen molar-refractivity contribution in [3.05, 3.63) is 32.0 Å². The molecule has 0 aliphatic rings. The van der Waals surface area contributed by atoms with Crippen molar-refractivity contribution in [3.63, 3.8) is 0 Å². The maximum Gasteiger partial charge on any atom is 0.341 e. The van der Waals surface area contributed by atoms with Crippen LogP contribution in [0.3, 0.4) is 0 Å². The molecule has 8 nitrogen and oxygen atoms in total. The van der Waals surface area contributed by atoms with E-state index in [1.54, 1.807) is 13.8 Å².